The molecule has 1 heterocycles. The fourth-order valence-electron chi connectivity index (χ4n) is 2.87. The number of ether oxygens (including phenoxy) is 1. The number of hydrogen-bond donors (Lipinski definition) is 2. The number of anilines is 1. The third kappa shape index (κ3) is 3.28. The maximum absolute atomic E-state index is 12.5. The lowest BCUT2D eigenvalue weighted by molar-refractivity contribution is 0.0965. The number of aryl methyl sites for hydroxylation is 1. The first kappa shape index (κ1) is 15.3. The van der Waals surface area contributed by atoms with E-state index in [4.69, 9.17) is 4.74 Å². The molecule has 0 atom stereocenters. The van der Waals surface area contributed by atoms with Crippen molar-refractivity contribution in [1.82, 2.24) is 4.98 Å². The van der Waals surface area contributed by atoms with Gasteiger partial charge in [0.25, 0.3) is 5.91 Å². The van der Waals surface area contributed by atoms with E-state index in [-0.39, 0.29) is 11.7 Å². The van der Waals surface area contributed by atoms with Gasteiger partial charge in [0.15, 0.2) is 5.78 Å². The Hall–Kier alpha value is -2.56. The van der Waals surface area contributed by atoms with E-state index < -0.39 is 0 Å². The molecule has 0 bridgehead atoms. The van der Waals surface area contributed by atoms with Gasteiger partial charge in [0.05, 0.1) is 17.7 Å². The van der Waals surface area contributed by atoms with Gasteiger partial charge in [-0.1, -0.05) is 0 Å². The lowest BCUT2D eigenvalue weighted by Crippen LogP contribution is -2.15. The highest BCUT2D eigenvalue weighted by atomic mass is 16.5. The Balaban J connectivity index is 1.79. The zero-order valence-corrected chi connectivity index (χ0v) is 13.1. The van der Waals surface area contributed by atoms with E-state index in [1.54, 1.807) is 18.3 Å². The van der Waals surface area contributed by atoms with Gasteiger partial charge in [-0.05, 0) is 50.5 Å². The summed E-state index contributed by atoms with van der Waals surface area (Å²) in [7, 11) is 0. The molecule has 5 nitrogen and oxygen atoms in total. The number of carbonyl (C=O) groups is 2. The maximum atomic E-state index is 12.5. The minimum Gasteiger partial charge on any atom is -0.494 e. The molecule has 0 spiro atoms. The predicted molar refractivity (Wildman–Crippen MR) is 88.2 cm³/mol. The van der Waals surface area contributed by atoms with Crippen LogP contribution in [0.25, 0.3) is 0 Å². The van der Waals surface area contributed by atoms with Crippen molar-refractivity contribution in [2.24, 2.45) is 0 Å². The smallest absolute Gasteiger partial charge is 0.257 e. The summed E-state index contributed by atoms with van der Waals surface area (Å²) in [6, 6.07) is 7.19. The van der Waals surface area contributed by atoms with Gasteiger partial charge in [0, 0.05) is 24.0 Å². The lowest BCUT2D eigenvalue weighted by atomic mass is 10.0. The first-order chi connectivity index (χ1) is 11.2. The lowest BCUT2D eigenvalue weighted by Gasteiger charge is -2.07. The molecule has 1 amide bonds. The molecule has 5 heteroatoms. The second-order valence-electron chi connectivity index (χ2n) is 5.60. The minimum atomic E-state index is -0.262. The van der Waals surface area contributed by atoms with E-state index in [1.807, 2.05) is 19.1 Å². The molecule has 0 unspecified atom stereocenters. The van der Waals surface area contributed by atoms with Crippen LogP contribution >= 0.6 is 0 Å². The van der Waals surface area contributed by atoms with Gasteiger partial charge < -0.3 is 15.0 Å². The number of hydrogen-bond acceptors (Lipinski definition) is 3. The van der Waals surface area contributed by atoms with E-state index in [0.717, 1.165) is 30.7 Å². The highest BCUT2D eigenvalue weighted by Gasteiger charge is 2.24. The average Bonchev–Trinajstić information content (AvgIpc) is 2.89. The summed E-state index contributed by atoms with van der Waals surface area (Å²) in [5.41, 5.74) is 2.55. The van der Waals surface area contributed by atoms with Crippen molar-refractivity contribution >= 4 is 17.4 Å². The number of rotatable bonds is 4. The van der Waals surface area contributed by atoms with E-state index in [0.29, 0.717) is 29.8 Å². The highest BCUT2D eigenvalue weighted by Crippen LogP contribution is 2.24. The van der Waals surface area contributed by atoms with E-state index in [9.17, 15) is 9.59 Å². The van der Waals surface area contributed by atoms with Gasteiger partial charge >= 0.3 is 0 Å². The van der Waals surface area contributed by atoms with Crippen LogP contribution in [-0.4, -0.2) is 23.3 Å². The van der Waals surface area contributed by atoms with Crippen LogP contribution in [0, 0.1) is 0 Å². The topological polar surface area (TPSA) is 71.2 Å². The molecule has 0 aliphatic heterocycles. The number of aromatic amines is 1. The van der Waals surface area contributed by atoms with Crippen LogP contribution in [0.1, 0.15) is 52.6 Å². The number of carbonyl (C=O) groups excluding carboxylic acids is 2. The van der Waals surface area contributed by atoms with Crippen molar-refractivity contribution in [3.63, 3.8) is 0 Å². The van der Waals surface area contributed by atoms with Crippen molar-refractivity contribution in [3.8, 4) is 5.75 Å². The van der Waals surface area contributed by atoms with Gasteiger partial charge in [-0.15, -0.1) is 0 Å². The summed E-state index contributed by atoms with van der Waals surface area (Å²) in [6.45, 7) is 2.52. The van der Waals surface area contributed by atoms with Crippen molar-refractivity contribution in [2.75, 3.05) is 11.9 Å². The summed E-state index contributed by atoms with van der Waals surface area (Å²) in [4.78, 5) is 27.8. The maximum Gasteiger partial charge on any atom is 0.257 e. The molecule has 1 aromatic carbocycles. The Morgan fingerprint density at radius 3 is 2.70 bits per heavy atom. The summed E-state index contributed by atoms with van der Waals surface area (Å²) < 4.78 is 5.38. The van der Waals surface area contributed by atoms with Gasteiger partial charge in [-0.2, -0.15) is 0 Å². The molecule has 3 rings (SSSR count). The van der Waals surface area contributed by atoms with Gasteiger partial charge in [-0.25, -0.2) is 0 Å². The van der Waals surface area contributed by atoms with Crippen molar-refractivity contribution in [3.05, 3.63) is 47.3 Å². The summed E-state index contributed by atoms with van der Waals surface area (Å²) >= 11 is 0. The van der Waals surface area contributed by atoms with Crippen LogP contribution in [0.2, 0.25) is 0 Å². The van der Waals surface area contributed by atoms with Crippen LogP contribution in [0.5, 0.6) is 5.75 Å². The molecular formula is C18H20N2O3. The zero-order chi connectivity index (χ0) is 16.2. The summed E-state index contributed by atoms with van der Waals surface area (Å²) in [6.07, 6.45) is 4.81. The van der Waals surface area contributed by atoms with Gasteiger partial charge in [-0.3, -0.25) is 9.59 Å². The van der Waals surface area contributed by atoms with Gasteiger partial charge in [0.2, 0.25) is 0 Å². The average molecular weight is 312 g/mol. The minimum absolute atomic E-state index is 0.0515. The van der Waals surface area contributed by atoms with Crippen LogP contribution in [0.4, 0.5) is 5.69 Å². The fourth-order valence-corrected chi connectivity index (χ4v) is 2.87. The molecule has 0 fully saturated rings. The predicted octanol–water partition coefficient (Wildman–Crippen LogP) is 3.57. The van der Waals surface area contributed by atoms with E-state index >= 15 is 0 Å². The third-order valence-corrected chi connectivity index (χ3v) is 3.99. The molecule has 2 N–H and O–H groups in total. The van der Waals surface area contributed by atoms with E-state index in [2.05, 4.69) is 10.3 Å². The monoisotopic (exact) mass is 312 g/mol. The number of amides is 1. The number of aromatic nitrogens is 1. The number of nitrogens with one attached hydrogen (secondary N) is 2. The first-order valence-electron chi connectivity index (χ1n) is 7.96. The molecule has 1 aromatic heterocycles. The number of H-pyrrole nitrogens is 1. The number of Topliss-reactive ketones (excluding diaryl/α,β-unsaturated/α-hetero) is 1. The SMILES string of the molecule is CCOc1ccc(NC(=O)c2c[nH]c3c2C(=O)CCCC3)cc1. The Bertz CT molecular complexity index is 716. The third-order valence-electron chi connectivity index (χ3n) is 3.99. The Morgan fingerprint density at radius 1 is 1.22 bits per heavy atom. The largest absolute Gasteiger partial charge is 0.494 e. The Morgan fingerprint density at radius 2 is 1.96 bits per heavy atom. The molecule has 2 aromatic rings. The molecule has 0 saturated carbocycles. The molecular weight excluding hydrogens is 292 g/mol. The second-order valence-corrected chi connectivity index (χ2v) is 5.60. The zero-order valence-electron chi connectivity index (χ0n) is 13.1. The summed E-state index contributed by atoms with van der Waals surface area (Å²) in [5, 5.41) is 2.84. The van der Waals surface area contributed by atoms with Crippen LogP contribution in [-0.2, 0) is 6.42 Å². The molecule has 1 aliphatic carbocycles. The van der Waals surface area contributed by atoms with Crippen molar-refractivity contribution in [2.45, 2.75) is 32.6 Å². The number of ketones is 1. The normalized spacial score (nSPS) is 14.0. The van der Waals surface area contributed by atoms with Crippen LogP contribution < -0.4 is 10.1 Å². The van der Waals surface area contributed by atoms with Gasteiger partial charge in [0.1, 0.15) is 5.75 Å². The fraction of sp³-hybridized carbons (Fsp3) is 0.333. The first-order valence-corrected chi connectivity index (χ1v) is 7.96. The number of fused-ring (bicyclic) bond motifs is 1. The Kier molecular flexibility index (Phi) is 4.46. The molecule has 23 heavy (non-hydrogen) atoms. The van der Waals surface area contributed by atoms with Crippen LogP contribution in [0.15, 0.2) is 30.5 Å². The summed E-state index contributed by atoms with van der Waals surface area (Å²) in [5.74, 6) is 0.550. The Labute approximate surface area is 135 Å². The van der Waals surface area contributed by atoms with Crippen molar-refractivity contribution < 1.29 is 14.3 Å². The molecule has 1 aliphatic rings. The number of benzene rings is 1. The van der Waals surface area contributed by atoms with Crippen LogP contribution in [0.3, 0.4) is 0 Å². The standard InChI is InChI=1S/C18H20N2O3/c1-2-23-13-9-7-12(8-10-13)20-18(22)14-11-19-15-5-3-4-6-16(21)17(14)15/h7-11,19H,2-6H2,1H3,(H,20,22). The van der Waals surface area contributed by atoms with Crippen molar-refractivity contribution in [1.29, 1.82) is 0 Å². The molecule has 0 radical (unpaired) electrons. The second kappa shape index (κ2) is 6.69. The molecule has 0 saturated heterocycles. The highest BCUT2D eigenvalue weighted by molar-refractivity contribution is 6.13. The quantitative estimate of drug-likeness (QED) is 0.848. The van der Waals surface area contributed by atoms with E-state index in [1.165, 1.54) is 0 Å². The molecule has 120 valence electrons.